The number of hydrogen-bond donors (Lipinski definition) is 2. The van der Waals surface area contributed by atoms with Crippen LogP contribution in [0.3, 0.4) is 0 Å². The van der Waals surface area contributed by atoms with Crippen molar-refractivity contribution in [2.75, 3.05) is 6.54 Å². The molecule has 0 atom stereocenters. The van der Waals surface area contributed by atoms with E-state index in [0.717, 1.165) is 3.57 Å². The van der Waals surface area contributed by atoms with Gasteiger partial charge in [-0.1, -0.05) is 16.8 Å². The number of benzene rings is 1. The fourth-order valence-electron chi connectivity index (χ4n) is 1.56. The summed E-state index contributed by atoms with van der Waals surface area (Å²) in [6.07, 6.45) is 1.30. The lowest BCUT2D eigenvalue weighted by molar-refractivity contribution is 0.0690. The Balaban J connectivity index is 1.92. The number of rotatable bonds is 5. The molecular weight excluding hydrogens is 411 g/mol. The van der Waals surface area contributed by atoms with Crippen LogP contribution in [-0.2, 0) is 6.54 Å². The van der Waals surface area contributed by atoms with E-state index in [1.807, 2.05) is 0 Å². The van der Waals surface area contributed by atoms with Crippen LogP contribution in [0.4, 0.5) is 0 Å². The van der Waals surface area contributed by atoms with Gasteiger partial charge in [0.25, 0.3) is 5.91 Å². The van der Waals surface area contributed by atoms with Crippen LogP contribution in [0.1, 0.15) is 20.8 Å². The van der Waals surface area contributed by atoms with Gasteiger partial charge in [-0.2, -0.15) is 0 Å². The van der Waals surface area contributed by atoms with Gasteiger partial charge in [0.05, 0.1) is 18.3 Å². The lowest BCUT2D eigenvalue weighted by atomic mass is 10.2. The van der Waals surface area contributed by atoms with Crippen LogP contribution >= 0.6 is 34.2 Å². The highest BCUT2D eigenvalue weighted by Crippen LogP contribution is 2.17. The van der Waals surface area contributed by atoms with Crippen molar-refractivity contribution in [1.82, 2.24) is 20.3 Å². The van der Waals surface area contributed by atoms with E-state index in [2.05, 4.69) is 38.2 Å². The Morgan fingerprint density at radius 1 is 1.43 bits per heavy atom. The number of carbonyl (C=O) groups is 2. The summed E-state index contributed by atoms with van der Waals surface area (Å²) in [4.78, 5) is 22.7. The molecule has 9 heteroatoms. The topological polar surface area (TPSA) is 97.1 Å². The third-order valence-corrected chi connectivity index (χ3v) is 3.73. The molecule has 21 heavy (non-hydrogen) atoms. The van der Waals surface area contributed by atoms with E-state index >= 15 is 0 Å². The Morgan fingerprint density at radius 3 is 2.86 bits per heavy atom. The van der Waals surface area contributed by atoms with Crippen LogP contribution in [0, 0.1) is 3.57 Å². The lowest BCUT2D eigenvalue weighted by Crippen LogP contribution is -2.28. The van der Waals surface area contributed by atoms with Crippen LogP contribution < -0.4 is 5.32 Å². The molecule has 0 spiro atoms. The van der Waals surface area contributed by atoms with E-state index in [-0.39, 0.29) is 11.6 Å². The Bertz CT molecular complexity index is 689. The summed E-state index contributed by atoms with van der Waals surface area (Å²) in [7, 11) is 0. The molecule has 110 valence electrons. The van der Waals surface area contributed by atoms with E-state index in [9.17, 15) is 9.59 Å². The number of carboxylic acids is 1. The SMILES string of the molecule is O=C(O)c1cn(CCNC(=O)c2cc(Cl)ccc2I)nn1. The Labute approximate surface area is 138 Å². The zero-order valence-corrected chi connectivity index (χ0v) is 13.5. The fourth-order valence-corrected chi connectivity index (χ4v) is 2.31. The van der Waals surface area contributed by atoms with E-state index in [4.69, 9.17) is 16.7 Å². The summed E-state index contributed by atoms with van der Waals surface area (Å²) in [5, 5.41) is 19.1. The highest BCUT2D eigenvalue weighted by atomic mass is 127. The summed E-state index contributed by atoms with van der Waals surface area (Å²) in [5.74, 6) is -1.39. The Hall–Kier alpha value is -1.68. The van der Waals surface area contributed by atoms with Crippen LogP contribution in [0.2, 0.25) is 5.02 Å². The predicted molar refractivity (Wildman–Crippen MR) is 83.5 cm³/mol. The van der Waals surface area contributed by atoms with Crippen LogP contribution in [0.5, 0.6) is 0 Å². The molecule has 0 aliphatic carbocycles. The molecule has 0 aliphatic heterocycles. The van der Waals surface area contributed by atoms with Gasteiger partial charge in [-0.25, -0.2) is 9.48 Å². The molecular formula is C12H10ClIN4O3. The quantitative estimate of drug-likeness (QED) is 0.717. The van der Waals surface area contributed by atoms with E-state index in [1.165, 1.54) is 10.9 Å². The van der Waals surface area contributed by atoms with Gasteiger partial charge in [0, 0.05) is 15.1 Å². The standard InChI is InChI=1S/C12H10ClIN4O3/c13-7-1-2-9(14)8(5-7)11(19)15-3-4-18-6-10(12(20)21)16-17-18/h1-2,5-6H,3-4H2,(H,15,19)(H,20,21). The summed E-state index contributed by atoms with van der Waals surface area (Å²) in [6.45, 7) is 0.618. The maximum atomic E-state index is 12.0. The van der Waals surface area contributed by atoms with Crippen molar-refractivity contribution in [3.8, 4) is 0 Å². The van der Waals surface area contributed by atoms with Gasteiger partial charge in [0.2, 0.25) is 0 Å². The van der Waals surface area contributed by atoms with Crippen molar-refractivity contribution >= 4 is 46.1 Å². The fraction of sp³-hybridized carbons (Fsp3) is 0.167. The van der Waals surface area contributed by atoms with Gasteiger partial charge in [0.15, 0.2) is 5.69 Å². The van der Waals surface area contributed by atoms with Crippen LogP contribution in [0.15, 0.2) is 24.4 Å². The third-order valence-electron chi connectivity index (χ3n) is 2.56. The maximum Gasteiger partial charge on any atom is 0.358 e. The molecule has 0 fully saturated rings. The number of amides is 1. The third kappa shape index (κ3) is 4.14. The van der Waals surface area contributed by atoms with Crippen molar-refractivity contribution in [3.63, 3.8) is 0 Å². The Kier molecular flexibility index (Phi) is 5.12. The predicted octanol–water partition coefficient (Wildman–Crippen LogP) is 1.66. The maximum absolute atomic E-state index is 12.0. The lowest BCUT2D eigenvalue weighted by Gasteiger charge is -2.07. The molecule has 1 aromatic carbocycles. The molecule has 2 N–H and O–H groups in total. The normalized spacial score (nSPS) is 10.4. The van der Waals surface area contributed by atoms with Gasteiger partial charge in [-0.15, -0.1) is 5.10 Å². The number of nitrogens with one attached hydrogen (secondary N) is 1. The molecule has 0 unspecified atom stereocenters. The summed E-state index contributed by atoms with van der Waals surface area (Å²) < 4.78 is 2.15. The highest BCUT2D eigenvalue weighted by molar-refractivity contribution is 14.1. The molecule has 0 radical (unpaired) electrons. The molecule has 7 nitrogen and oxygen atoms in total. The monoisotopic (exact) mass is 420 g/mol. The Morgan fingerprint density at radius 2 is 2.19 bits per heavy atom. The van der Waals surface area contributed by atoms with Crippen molar-refractivity contribution < 1.29 is 14.7 Å². The molecule has 0 saturated heterocycles. The molecule has 0 saturated carbocycles. The molecule has 0 bridgehead atoms. The number of carbonyl (C=O) groups excluding carboxylic acids is 1. The van der Waals surface area contributed by atoms with Gasteiger partial charge in [-0.3, -0.25) is 4.79 Å². The first kappa shape index (κ1) is 15.7. The average Bonchev–Trinajstić information content (AvgIpc) is 2.90. The number of aromatic carboxylic acids is 1. The first-order valence-electron chi connectivity index (χ1n) is 5.84. The van der Waals surface area contributed by atoms with Gasteiger partial charge in [0.1, 0.15) is 0 Å². The van der Waals surface area contributed by atoms with Crippen LogP contribution in [-0.4, -0.2) is 38.5 Å². The van der Waals surface area contributed by atoms with Crippen molar-refractivity contribution in [1.29, 1.82) is 0 Å². The molecule has 0 aliphatic rings. The molecule has 1 amide bonds. The first-order chi connectivity index (χ1) is 9.97. The van der Waals surface area contributed by atoms with Crippen molar-refractivity contribution in [2.45, 2.75) is 6.54 Å². The number of halogens is 2. The molecule has 2 rings (SSSR count). The number of hydrogen-bond acceptors (Lipinski definition) is 4. The van der Waals surface area contributed by atoms with Gasteiger partial charge >= 0.3 is 5.97 Å². The van der Waals surface area contributed by atoms with E-state index in [1.54, 1.807) is 18.2 Å². The van der Waals surface area contributed by atoms with Gasteiger partial charge in [-0.05, 0) is 40.8 Å². The minimum Gasteiger partial charge on any atom is -0.476 e. The number of aromatic nitrogens is 3. The smallest absolute Gasteiger partial charge is 0.358 e. The summed E-state index contributed by atoms with van der Waals surface area (Å²) >= 11 is 7.92. The second kappa shape index (κ2) is 6.85. The second-order valence-electron chi connectivity index (χ2n) is 4.05. The number of carboxylic acid groups (broad SMARTS) is 1. The number of nitrogens with zero attached hydrogens (tertiary/aromatic N) is 3. The van der Waals surface area contributed by atoms with E-state index in [0.29, 0.717) is 23.7 Å². The minimum absolute atomic E-state index is 0.134. The second-order valence-corrected chi connectivity index (χ2v) is 5.65. The highest BCUT2D eigenvalue weighted by Gasteiger charge is 2.11. The summed E-state index contributed by atoms with van der Waals surface area (Å²) in [6, 6.07) is 5.06. The van der Waals surface area contributed by atoms with Crippen LogP contribution in [0.25, 0.3) is 0 Å². The van der Waals surface area contributed by atoms with Crippen molar-refractivity contribution in [3.05, 3.63) is 44.2 Å². The van der Waals surface area contributed by atoms with Gasteiger partial charge < -0.3 is 10.4 Å². The van der Waals surface area contributed by atoms with E-state index < -0.39 is 5.97 Å². The van der Waals surface area contributed by atoms with Crippen molar-refractivity contribution in [2.24, 2.45) is 0 Å². The average molecular weight is 421 g/mol. The molecule has 2 aromatic rings. The largest absolute Gasteiger partial charge is 0.476 e. The molecule has 1 aromatic heterocycles. The minimum atomic E-state index is -1.14. The zero-order chi connectivity index (χ0) is 15.4. The summed E-state index contributed by atoms with van der Waals surface area (Å²) in [5.41, 5.74) is 0.360. The first-order valence-corrected chi connectivity index (χ1v) is 7.29. The zero-order valence-electron chi connectivity index (χ0n) is 10.6. The molecule has 1 heterocycles.